The van der Waals surface area contributed by atoms with Gasteiger partial charge in [-0.1, -0.05) is 72.4 Å². The summed E-state index contributed by atoms with van der Waals surface area (Å²) in [4.78, 5) is 23.6. The summed E-state index contributed by atoms with van der Waals surface area (Å²) in [6.07, 6.45) is 3.31. The van der Waals surface area contributed by atoms with Crippen molar-refractivity contribution < 1.29 is 23.8 Å². The van der Waals surface area contributed by atoms with Gasteiger partial charge in [0.2, 0.25) is 11.8 Å². The van der Waals surface area contributed by atoms with E-state index in [1.165, 1.54) is 15.8 Å². The van der Waals surface area contributed by atoms with Crippen molar-refractivity contribution >= 4 is 57.2 Å². The smallest absolute Gasteiger partial charge is 0.320 e. The third kappa shape index (κ3) is 5.60. The highest BCUT2D eigenvalue weighted by molar-refractivity contribution is 8.14. The molecule has 0 bridgehead atoms. The number of para-hydroxylation sites is 1. The molecule has 0 fully saturated rings. The lowest BCUT2D eigenvalue weighted by molar-refractivity contribution is -0.763. The van der Waals surface area contributed by atoms with Gasteiger partial charge in [0.15, 0.2) is 5.17 Å². The fourth-order valence-electron chi connectivity index (χ4n) is 3.81. The molecule has 10 heteroatoms. The zero-order chi connectivity index (χ0) is 25.6. The van der Waals surface area contributed by atoms with Crippen molar-refractivity contribution in [1.82, 2.24) is 5.27 Å². The number of amidine groups is 1. The molecule has 0 aliphatic carbocycles. The summed E-state index contributed by atoms with van der Waals surface area (Å²) < 4.78 is 11.6. The number of hydrogen-bond donors (Lipinski definition) is 0. The predicted octanol–water partition coefficient (Wildman–Crippen LogP) is 3.33. The lowest BCUT2D eigenvalue weighted by Gasteiger charge is -2.18. The lowest BCUT2D eigenvalue weighted by Crippen LogP contribution is -2.36. The highest BCUT2D eigenvalue weighted by atomic mass is 32.2. The second-order valence-electron chi connectivity index (χ2n) is 8.06. The van der Waals surface area contributed by atoms with E-state index >= 15 is 0 Å². The maximum atomic E-state index is 13.5. The van der Waals surface area contributed by atoms with Gasteiger partial charge in [-0.3, -0.25) is 14.2 Å². The maximum Gasteiger partial charge on any atom is 0.320 e. The molecule has 0 spiro atoms. The van der Waals surface area contributed by atoms with Gasteiger partial charge in [-0.05, 0) is 45.1 Å². The molecule has 0 saturated heterocycles. The number of ether oxygens (including phenoxy) is 1. The van der Waals surface area contributed by atoms with Crippen LogP contribution in [0, 0.1) is 0 Å². The number of anilines is 1. The number of rotatable bonds is 8. The number of carbonyl (C=O) groups is 1. The van der Waals surface area contributed by atoms with E-state index in [0.29, 0.717) is 29.7 Å². The zero-order valence-electron chi connectivity index (χ0n) is 20.0. The van der Waals surface area contributed by atoms with Crippen LogP contribution in [0.4, 0.5) is 11.6 Å². The topological polar surface area (TPSA) is 107 Å². The van der Waals surface area contributed by atoms with E-state index in [4.69, 9.17) is 9.26 Å². The van der Waals surface area contributed by atoms with Crippen LogP contribution < -0.4 is 14.7 Å². The number of nitrogens with zero attached hydrogens (tertiary/aromatic N) is 5. The Hall–Kier alpha value is -4.28. The molecular weight excluding hydrogens is 490 g/mol. The summed E-state index contributed by atoms with van der Waals surface area (Å²) in [6.45, 7) is 0.938. The molecule has 0 atom stereocenters. The number of thioether (sulfide) groups is 1. The van der Waals surface area contributed by atoms with Crippen LogP contribution in [0.25, 0.3) is 16.8 Å². The molecule has 1 aromatic heterocycles. The predicted molar refractivity (Wildman–Crippen MR) is 141 cm³/mol. The van der Waals surface area contributed by atoms with Crippen molar-refractivity contribution in [3.63, 3.8) is 0 Å². The second-order valence-corrected chi connectivity index (χ2v) is 9.00. The first-order chi connectivity index (χ1) is 18.1. The molecule has 3 aromatic carbocycles. The molecule has 1 aliphatic rings. The average molecular weight is 514 g/mol. The summed E-state index contributed by atoms with van der Waals surface area (Å²) in [5.74, 6) is -0.631. The Morgan fingerprint density at radius 2 is 1.92 bits per heavy atom. The van der Waals surface area contributed by atoms with Crippen molar-refractivity contribution in [2.45, 2.75) is 6.54 Å². The molecule has 1 amide bonds. The number of fused-ring (bicyclic) bond motifs is 1. The molecule has 0 unspecified atom stereocenters. The Labute approximate surface area is 217 Å². The van der Waals surface area contributed by atoms with Gasteiger partial charge in [0.1, 0.15) is 12.3 Å². The summed E-state index contributed by atoms with van der Waals surface area (Å²) in [5.41, 5.74) is 1.85. The van der Waals surface area contributed by atoms with E-state index < -0.39 is 5.90 Å². The normalized spacial score (nSPS) is 15.1. The van der Waals surface area contributed by atoms with Crippen LogP contribution in [-0.2, 0) is 16.1 Å². The van der Waals surface area contributed by atoms with Crippen molar-refractivity contribution in [2.24, 2.45) is 9.98 Å². The third-order valence-electron chi connectivity index (χ3n) is 5.54. The quantitative estimate of drug-likeness (QED) is 0.155. The number of hydrogen-bond acceptors (Lipinski definition) is 8. The molecule has 9 nitrogen and oxygen atoms in total. The van der Waals surface area contributed by atoms with E-state index in [9.17, 15) is 9.90 Å². The van der Waals surface area contributed by atoms with Gasteiger partial charge >= 0.3 is 5.88 Å². The average Bonchev–Trinajstić information content (AvgIpc) is 3.50. The minimum Gasteiger partial charge on any atom is -0.861 e. The number of aromatic nitrogens is 2. The second kappa shape index (κ2) is 11.2. The van der Waals surface area contributed by atoms with Gasteiger partial charge in [-0.2, -0.15) is 0 Å². The van der Waals surface area contributed by atoms with Gasteiger partial charge < -0.3 is 9.84 Å². The molecule has 1 aliphatic heterocycles. The van der Waals surface area contributed by atoms with Gasteiger partial charge in [0.25, 0.3) is 12.1 Å². The van der Waals surface area contributed by atoms with E-state index in [2.05, 4.69) is 15.3 Å². The fourth-order valence-corrected chi connectivity index (χ4v) is 4.61. The number of amides is 1. The maximum absolute atomic E-state index is 13.5. The molecule has 37 heavy (non-hydrogen) atoms. The Bertz CT molecular complexity index is 1510. The van der Waals surface area contributed by atoms with Crippen LogP contribution in [0.5, 0.6) is 0 Å². The van der Waals surface area contributed by atoms with Gasteiger partial charge in [-0.15, -0.1) is 0 Å². The number of aliphatic imine (C=N–C) groups is 2. The minimum atomic E-state index is -0.435. The molecule has 5 rings (SSSR count). The van der Waals surface area contributed by atoms with Crippen LogP contribution in [0.15, 0.2) is 99.2 Å². The largest absolute Gasteiger partial charge is 0.861 e. The Balaban J connectivity index is 1.41. The van der Waals surface area contributed by atoms with Crippen LogP contribution >= 0.6 is 11.8 Å². The number of methoxy groups -OCH3 is 1. The lowest BCUT2D eigenvalue weighted by atomic mass is 10.0. The van der Waals surface area contributed by atoms with Crippen molar-refractivity contribution in [2.75, 3.05) is 24.4 Å². The molecule has 0 N–H and O–H groups in total. The monoisotopic (exact) mass is 513 g/mol. The van der Waals surface area contributed by atoms with Crippen molar-refractivity contribution in [3.05, 3.63) is 90.3 Å². The van der Waals surface area contributed by atoms with Crippen molar-refractivity contribution in [3.8, 4) is 0 Å². The standard InChI is InChI=1S/C27H23N5O4S/c1-35-15-14-31-17-25(36-30-31)29-24(33)18-37-27-28-23(26(34)32(27)21-11-3-2-4-12-21)16-20-10-7-9-19-8-5-6-13-22(19)20/h2-13,16-17H,14-15,18H2,1H3/b23-16+. The summed E-state index contributed by atoms with van der Waals surface area (Å²) in [7, 11) is 1.59. The van der Waals surface area contributed by atoms with Crippen LogP contribution in [0.2, 0.25) is 0 Å². The van der Waals surface area contributed by atoms with Crippen LogP contribution in [0.1, 0.15) is 5.56 Å². The highest BCUT2D eigenvalue weighted by Crippen LogP contribution is 2.30. The summed E-state index contributed by atoms with van der Waals surface area (Å²) >= 11 is 1.14. The molecule has 0 saturated carbocycles. The van der Waals surface area contributed by atoms with Gasteiger partial charge in [0, 0.05) is 12.9 Å². The summed E-state index contributed by atoms with van der Waals surface area (Å²) in [6, 6.07) is 23.1. The first kappa shape index (κ1) is 24.4. The first-order valence-electron chi connectivity index (χ1n) is 11.5. The van der Waals surface area contributed by atoms with E-state index in [0.717, 1.165) is 28.1 Å². The SMILES string of the molecule is COCC[n+]1cc(/N=C(/[O-])CSC2=N/C(=C/c3cccc4ccccc34)C(=O)N2c2ccccc2)on1. The minimum absolute atomic E-state index is 0.0320. The highest BCUT2D eigenvalue weighted by Gasteiger charge is 2.32. The Morgan fingerprint density at radius 1 is 1.14 bits per heavy atom. The third-order valence-corrected chi connectivity index (χ3v) is 6.47. The van der Waals surface area contributed by atoms with Gasteiger partial charge in [0.05, 0.1) is 5.69 Å². The molecular formula is C27H23N5O4S. The number of benzene rings is 3. The molecule has 0 radical (unpaired) electrons. The molecule has 2 heterocycles. The first-order valence-corrected chi connectivity index (χ1v) is 12.5. The molecule has 186 valence electrons. The summed E-state index contributed by atoms with van der Waals surface area (Å²) in [5, 5.41) is 18.9. The Morgan fingerprint density at radius 3 is 2.76 bits per heavy atom. The zero-order valence-corrected chi connectivity index (χ0v) is 20.8. The van der Waals surface area contributed by atoms with Crippen LogP contribution in [0.3, 0.4) is 0 Å². The number of carbonyl (C=O) groups excluding carboxylic acids is 1. The van der Waals surface area contributed by atoms with E-state index in [1.54, 1.807) is 13.2 Å². The Kier molecular flexibility index (Phi) is 7.38. The molecule has 4 aromatic rings. The van der Waals surface area contributed by atoms with Crippen LogP contribution in [-0.4, -0.2) is 41.7 Å². The van der Waals surface area contributed by atoms with E-state index in [1.807, 2.05) is 72.8 Å². The fraction of sp³-hybridized carbons (Fsp3) is 0.148. The van der Waals surface area contributed by atoms with Crippen molar-refractivity contribution in [1.29, 1.82) is 0 Å². The van der Waals surface area contributed by atoms with Gasteiger partial charge in [-0.25, -0.2) is 9.98 Å². The van der Waals surface area contributed by atoms with E-state index in [-0.39, 0.29) is 17.5 Å².